The lowest BCUT2D eigenvalue weighted by atomic mass is 10.2. The maximum Gasteiger partial charge on any atom is 0.158 e. The number of pyridine rings is 2. The largest absolute Gasteiger partial charge is 0.457 e. The second kappa shape index (κ2) is 9.92. The van der Waals surface area contributed by atoms with Crippen molar-refractivity contribution in [3.05, 3.63) is 67.0 Å². The third kappa shape index (κ3) is 4.60. The van der Waals surface area contributed by atoms with Crippen LogP contribution < -0.4 is 20.3 Å². The number of halogens is 1. The van der Waals surface area contributed by atoms with E-state index in [0.29, 0.717) is 11.8 Å². The van der Waals surface area contributed by atoms with Crippen molar-refractivity contribution in [1.82, 2.24) is 34.9 Å². The summed E-state index contributed by atoms with van der Waals surface area (Å²) < 4.78 is 7.80. The molecule has 184 valence electrons. The lowest BCUT2D eigenvalue weighted by molar-refractivity contribution is 0.478. The van der Waals surface area contributed by atoms with E-state index in [1.54, 1.807) is 10.8 Å². The molecule has 0 aliphatic carbocycles. The predicted octanol–water partition coefficient (Wildman–Crippen LogP) is 4.13. The summed E-state index contributed by atoms with van der Waals surface area (Å²) in [6.45, 7) is 7.02. The first-order valence-electron chi connectivity index (χ1n) is 11.6. The Morgan fingerprint density at radius 2 is 1.97 bits per heavy atom. The van der Waals surface area contributed by atoms with Gasteiger partial charge in [-0.05, 0) is 49.7 Å². The van der Waals surface area contributed by atoms with Gasteiger partial charge < -0.3 is 20.3 Å². The van der Waals surface area contributed by atoms with Gasteiger partial charge in [0.25, 0.3) is 0 Å². The first kappa shape index (κ1) is 23.7. The standard InChI is InChI=1S/C25H25N9O.ClH/c1-16-9-18(3-4-22(16)35-19-5-7-34-24(10-19)29-15-31-34)32-25-20-11-23(27-13-21(20)28-14-30-25)33-8-6-26-12-17(33)2;/h3-5,7,9-11,13-15,17,26H,6,8,12H2,1-2H3,(H,28,30,32);1H. The summed E-state index contributed by atoms with van der Waals surface area (Å²) in [5, 5.41) is 11.9. The zero-order chi connectivity index (χ0) is 23.8. The Hall–Kier alpha value is -4.02. The van der Waals surface area contributed by atoms with Gasteiger partial charge in [-0.1, -0.05) is 0 Å². The van der Waals surface area contributed by atoms with Crippen LogP contribution in [0.25, 0.3) is 16.6 Å². The third-order valence-electron chi connectivity index (χ3n) is 6.22. The number of hydrogen-bond donors (Lipinski definition) is 2. The molecule has 5 heterocycles. The predicted molar refractivity (Wildman–Crippen MR) is 142 cm³/mol. The van der Waals surface area contributed by atoms with Gasteiger partial charge in [-0.2, -0.15) is 5.10 Å². The number of nitrogens with zero attached hydrogens (tertiary/aromatic N) is 7. The number of hydrogen-bond acceptors (Lipinski definition) is 9. The van der Waals surface area contributed by atoms with E-state index in [0.717, 1.165) is 64.8 Å². The Bertz CT molecular complexity index is 1520. The summed E-state index contributed by atoms with van der Waals surface area (Å²) in [6.07, 6.45) is 6.73. The molecule has 1 fully saturated rings. The van der Waals surface area contributed by atoms with Crippen LogP contribution in [0, 0.1) is 6.92 Å². The van der Waals surface area contributed by atoms with Crippen LogP contribution in [-0.4, -0.2) is 55.2 Å². The topological polar surface area (TPSA) is 105 Å². The molecule has 1 aromatic carbocycles. The van der Waals surface area contributed by atoms with E-state index < -0.39 is 0 Å². The second-order valence-electron chi connectivity index (χ2n) is 8.66. The van der Waals surface area contributed by atoms with Crippen LogP contribution in [0.2, 0.25) is 0 Å². The highest BCUT2D eigenvalue weighted by Crippen LogP contribution is 2.31. The van der Waals surface area contributed by atoms with E-state index in [4.69, 9.17) is 4.74 Å². The fraction of sp³-hybridized carbons (Fsp3) is 0.240. The Morgan fingerprint density at radius 3 is 2.83 bits per heavy atom. The lowest BCUT2D eigenvalue weighted by Crippen LogP contribution is -2.50. The van der Waals surface area contributed by atoms with E-state index in [1.807, 2.05) is 49.6 Å². The molecule has 10 nitrogen and oxygen atoms in total. The maximum absolute atomic E-state index is 6.10. The maximum atomic E-state index is 6.10. The van der Waals surface area contributed by atoms with Crippen LogP contribution in [0.4, 0.5) is 17.3 Å². The molecule has 1 saturated heterocycles. The summed E-state index contributed by atoms with van der Waals surface area (Å²) in [5.41, 5.74) is 3.44. The Kier molecular flexibility index (Phi) is 6.53. The van der Waals surface area contributed by atoms with Crippen LogP contribution in [0.3, 0.4) is 0 Å². The molecule has 2 N–H and O–H groups in total. The van der Waals surface area contributed by atoms with Crippen molar-refractivity contribution in [2.45, 2.75) is 19.9 Å². The molecule has 5 aromatic rings. The van der Waals surface area contributed by atoms with Crippen molar-refractivity contribution in [1.29, 1.82) is 0 Å². The van der Waals surface area contributed by atoms with E-state index in [1.165, 1.54) is 6.33 Å². The molecule has 0 amide bonds. The van der Waals surface area contributed by atoms with Gasteiger partial charge in [0.1, 0.15) is 35.8 Å². The highest BCUT2D eigenvalue weighted by molar-refractivity contribution is 5.92. The van der Waals surface area contributed by atoms with Gasteiger partial charge in [-0.15, -0.1) is 12.4 Å². The molecule has 4 aromatic heterocycles. The first-order valence-corrected chi connectivity index (χ1v) is 11.6. The lowest BCUT2D eigenvalue weighted by Gasteiger charge is -2.35. The molecule has 1 atom stereocenters. The minimum absolute atomic E-state index is 0. The quantitative estimate of drug-likeness (QED) is 0.366. The molecule has 1 unspecified atom stereocenters. The van der Waals surface area contributed by atoms with Crippen molar-refractivity contribution >= 4 is 46.3 Å². The molecule has 0 spiro atoms. The SMILES string of the molecule is Cc1cc(Nc2ncnc3cnc(N4CCNCC4C)cc23)ccc1Oc1ccn2ncnc2c1.Cl. The Labute approximate surface area is 214 Å². The number of fused-ring (bicyclic) bond motifs is 2. The highest BCUT2D eigenvalue weighted by Gasteiger charge is 2.20. The van der Waals surface area contributed by atoms with Gasteiger partial charge in [0.15, 0.2) is 5.65 Å². The van der Waals surface area contributed by atoms with Crippen LogP contribution in [0.15, 0.2) is 61.4 Å². The van der Waals surface area contributed by atoms with Crippen molar-refractivity contribution in [2.24, 2.45) is 0 Å². The van der Waals surface area contributed by atoms with Gasteiger partial charge in [0, 0.05) is 49.0 Å². The van der Waals surface area contributed by atoms with E-state index >= 15 is 0 Å². The number of benzene rings is 1. The molecular formula is C25H26ClN9O. The molecule has 0 bridgehead atoms. The van der Waals surface area contributed by atoms with Gasteiger partial charge in [0.05, 0.1) is 11.7 Å². The fourth-order valence-electron chi connectivity index (χ4n) is 4.35. The average Bonchev–Trinajstić information content (AvgIpc) is 3.34. The molecule has 11 heteroatoms. The molecule has 0 saturated carbocycles. The fourth-order valence-corrected chi connectivity index (χ4v) is 4.35. The zero-order valence-corrected chi connectivity index (χ0v) is 20.7. The summed E-state index contributed by atoms with van der Waals surface area (Å²) >= 11 is 0. The average molecular weight is 504 g/mol. The number of aromatic nitrogens is 6. The van der Waals surface area contributed by atoms with E-state index in [9.17, 15) is 0 Å². The third-order valence-corrected chi connectivity index (χ3v) is 6.22. The molecular weight excluding hydrogens is 478 g/mol. The summed E-state index contributed by atoms with van der Waals surface area (Å²) in [6, 6.07) is 12.1. The van der Waals surface area contributed by atoms with Crippen LogP contribution in [0.5, 0.6) is 11.5 Å². The summed E-state index contributed by atoms with van der Waals surface area (Å²) in [7, 11) is 0. The van der Waals surface area contributed by atoms with Crippen LogP contribution in [-0.2, 0) is 0 Å². The molecule has 1 aliphatic rings. The second-order valence-corrected chi connectivity index (χ2v) is 8.66. The van der Waals surface area contributed by atoms with Crippen LogP contribution >= 0.6 is 12.4 Å². The van der Waals surface area contributed by atoms with E-state index in [2.05, 4.69) is 53.6 Å². The highest BCUT2D eigenvalue weighted by atomic mass is 35.5. The number of ether oxygens (including phenoxy) is 1. The number of nitrogens with one attached hydrogen (secondary N) is 2. The minimum Gasteiger partial charge on any atom is -0.457 e. The summed E-state index contributed by atoms with van der Waals surface area (Å²) in [5.74, 6) is 3.16. The molecule has 36 heavy (non-hydrogen) atoms. The monoisotopic (exact) mass is 503 g/mol. The molecule has 1 aliphatic heterocycles. The zero-order valence-electron chi connectivity index (χ0n) is 19.9. The van der Waals surface area contributed by atoms with Gasteiger partial charge >= 0.3 is 0 Å². The summed E-state index contributed by atoms with van der Waals surface area (Å²) in [4.78, 5) is 20.1. The minimum atomic E-state index is 0. The van der Waals surface area contributed by atoms with Crippen LogP contribution in [0.1, 0.15) is 12.5 Å². The van der Waals surface area contributed by atoms with Crippen molar-refractivity contribution in [3.8, 4) is 11.5 Å². The first-order chi connectivity index (χ1) is 17.1. The number of anilines is 3. The number of piperazine rings is 1. The van der Waals surface area contributed by atoms with Crippen molar-refractivity contribution in [2.75, 3.05) is 29.9 Å². The van der Waals surface area contributed by atoms with Gasteiger partial charge in [0.2, 0.25) is 0 Å². The Balaban J connectivity index is 0.00000267. The van der Waals surface area contributed by atoms with Gasteiger partial charge in [-0.3, -0.25) is 0 Å². The number of aryl methyl sites for hydroxylation is 1. The molecule has 6 rings (SSSR count). The van der Waals surface area contributed by atoms with E-state index in [-0.39, 0.29) is 12.4 Å². The number of rotatable bonds is 5. The van der Waals surface area contributed by atoms with Gasteiger partial charge in [-0.25, -0.2) is 24.5 Å². The smallest absolute Gasteiger partial charge is 0.158 e. The molecule has 0 radical (unpaired) electrons. The normalized spacial score (nSPS) is 15.6. The van der Waals surface area contributed by atoms with Crippen molar-refractivity contribution in [3.63, 3.8) is 0 Å². The van der Waals surface area contributed by atoms with Crippen molar-refractivity contribution < 1.29 is 4.74 Å². The Morgan fingerprint density at radius 1 is 1.06 bits per heavy atom.